The number of hydrogen-bond donors (Lipinski definition) is 1. The molecule has 2 aromatic heterocycles. The number of nitrogens with two attached hydrogens (primary N) is 1. The summed E-state index contributed by atoms with van der Waals surface area (Å²) < 4.78 is 4.00. The molecule has 3 rings (SSSR count). The van der Waals surface area contributed by atoms with Crippen LogP contribution < -0.4 is 5.73 Å². The van der Waals surface area contributed by atoms with Gasteiger partial charge < -0.3 is 14.9 Å². The van der Waals surface area contributed by atoms with Gasteiger partial charge in [0, 0.05) is 19.3 Å². The number of rotatable bonds is 7. The topological polar surface area (TPSA) is 87.4 Å². The van der Waals surface area contributed by atoms with Crippen LogP contribution in [0.2, 0.25) is 0 Å². The van der Waals surface area contributed by atoms with E-state index >= 15 is 0 Å². The van der Waals surface area contributed by atoms with Crippen LogP contribution in [0.25, 0.3) is 0 Å². The molecule has 0 amide bonds. The van der Waals surface area contributed by atoms with Gasteiger partial charge in [0.2, 0.25) is 0 Å². The Kier molecular flexibility index (Phi) is 5.27. The fourth-order valence-corrected chi connectivity index (χ4v) is 3.36. The molecule has 0 saturated carbocycles. The second-order valence-electron chi connectivity index (χ2n) is 5.62. The van der Waals surface area contributed by atoms with Gasteiger partial charge in [0.1, 0.15) is 12.2 Å². The molecule has 24 heavy (non-hydrogen) atoms. The van der Waals surface area contributed by atoms with E-state index in [1.165, 1.54) is 5.56 Å². The van der Waals surface area contributed by atoms with E-state index in [0.717, 1.165) is 35.5 Å². The molecule has 126 valence electrons. The minimum atomic E-state index is -0.167. The fraction of sp³-hybridized carbons (Fsp3) is 0.375. The lowest BCUT2D eigenvalue weighted by Gasteiger charge is -2.11. The van der Waals surface area contributed by atoms with E-state index in [4.69, 9.17) is 5.73 Å². The summed E-state index contributed by atoms with van der Waals surface area (Å²) in [4.78, 5) is 0. The predicted octanol–water partition coefficient (Wildman–Crippen LogP) is 1.75. The Morgan fingerprint density at radius 3 is 2.67 bits per heavy atom. The zero-order valence-corrected chi connectivity index (χ0v) is 14.6. The maximum atomic E-state index is 6.31. The first kappa shape index (κ1) is 16.7. The lowest BCUT2D eigenvalue weighted by molar-refractivity contribution is 0.616. The summed E-state index contributed by atoms with van der Waals surface area (Å²) in [6.07, 6.45) is 2.49. The minimum Gasteiger partial charge on any atom is -0.321 e. The van der Waals surface area contributed by atoms with Gasteiger partial charge in [0.15, 0.2) is 11.0 Å². The lowest BCUT2D eigenvalue weighted by atomic mass is 10.1. The molecule has 2 N–H and O–H groups in total. The molecule has 0 radical (unpaired) electrons. The molecular weight excluding hydrogens is 322 g/mol. The van der Waals surface area contributed by atoms with Gasteiger partial charge in [-0.25, -0.2) is 0 Å². The van der Waals surface area contributed by atoms with Crippen LogP contribution in [0.1, 0.15) is 23.3 Å². The Morgan fingerprint density at radius 2 is 1.96 bits per heavy atom. The maximum Gasteiger partial charge on any atom is 0.191 e. The second kappa shape index (κ2) is 7.59. The van der Waals surface area contributed by atoms with Crippen LogP contribution >= 0.6 is 11.8 Å². The summed E-state index contributed by atoms with van der Waals surface area (Å²) in [7, 11) is 1.96. The number of aromatic nitrogens is 6. The van der Waals surface area contributed by atoms with Crippen molar-refractivity contribution in [2.75, 3.05) is 5.75 Å². The highest BCUT2D eigenvalue weighted by molar-refractivity contribution is 7.99. The van der Waals surface area contributed by atoms with Gasteiger partial charge in [-0.1, -0.05) is 42.1 Å². The monoisotopic (exact) mass is 343 g/mol. The molecule has 0 spiro atoms. The Bertz CT molecular complexity index is 781. The molecule has 3 aromatic rings. The van der Waals surface area contributed by atoms with Crippen LogP contribution in [0.5, 0.6) is 0 Å². The van der Waals surface area contributed by atoms with Crippen LogP contribution in [-0.2, 0) is 20.0 Å². The van der Waals surface area contributed by atoms with E-state index in [1.807, 2.05) is 41.3 Å². The van der Waals surface area contributed by atoms with Crippen molar-refractivity contribution < 1.29 is 0 Å². The predicted molar refractivity (Wildman–Crippen MR) is 93.6 cm³/mol. The number of hydrogen-bond acceptors (Lipinski definition) is 6. The zero-order valence-electron chi connectivity index (χ0n) is 13.8. The van der Waals surface area contributed by atoms with Crippen molar-refractivity contribution in [3.63, 3.8) is 0 Å². The molecule has 1 atom stereocenters. The van der Waals surface area contributed by atoms with Gasteiger partial charge in [0.25, 0.3) is 0 Å². The Balaban J connectivity index is 1.60. The molecule has 0 unspecified atom stereocenters. The smallest absolute Gasteiger partial charge is 0.191 e. The molecule has 0 bridgehead atoms. The van der Waals surface area contributed by atoms with E-state index in [0.29, 0.717) is 0 Å². The van der Waals surface area contributed by atoms with Crippen LogP contribution in [0.15, 0.2) is 41.8 Å². The summed E-state index contributed by atoms with van der Waals surface area (Å²) in [6.45, 7) is 2.78. The summed E-state index contributed by atoms with van der Waals surface area (Å²) in [5, 5.41) is 17.3. The normalized spacial score (nSPS) is 12.5. The van der Waals surface area contributed by atoms with Crippen LogP contribution in [0, 0.1) is 6.92 Å². The fourth-order valence-electron chi connectivity index (χ4n) is 2.50. The van der Waals surface area contributed by atoms with E-state index in [2.05, 4.69) is 32.5 Å². The summed E-state index contributed by atoms with van der Waals surface area (Å²) in [6, 6.07) is 10.0. The third kappa shape index (κ3) is 3.82. The van der Waals surface area contributed by atoms with Gasteiger partial charge in [-0.15, -0.1) is 20.4 Å². The molecule has 0 aliphatic carbocycles. The molecular formula is C16H21N7S. The number of thioether (sulfide) groups is 1. The number of benzene rings is 1. The van der Waals surface area contributed by atoms with Gasteiger partial charge in [-0.3, -0.25) is 0 Å². The van der Waals surface area contributed by atoms with E-state index in [-0.39, 0.29) is 6.04 Å². The maximum absolute atomic E-state index is 6.31. The largest absolute Gasteiger partial charge is 0.321 e. The molecule has 2 heterocycles. The Hall–Kier alpha value is -2.19. The van der Waals surface area contributed by atoms with Crippen molar-refractivity contribution in [3.05, 3.63) is 53.9 Å². The van der Waals surface area contributed by atoms with E-state index < -0.39 is 0 Å². The number of nitrogens with zero attached hydrogens (tertiary/aromatic N) is 6. The molecule has 0 saturated heterocycles. The lowest BCUT2D eigenvalue weighted by Crippen LogP contribution is -2.18. The minimum absolute atomic E-state index is 0.167. The quantitative estimate of drug-likeness (QED) is 0.658. The highest BCUT2D eigenvalue weighted by Crippen LogP contribution is 2.20. The Labute approximate surface area is 145 Å². The first-order valence-corrected chi connectivity index (χ1v) is 8.79. The summed E-state index contributed by atoms with van der Waals surface area (Å²) in [5.41, 5.74) is 7.51. The van der Waals surface area contributed by atoms with Crippen molar-refractivity contribution >= 4 is 11.8 Å². The van der Waals surface area contributed by atoms with Gasteiger partial charge >= 0.3 is 0 Å². The molecule has 0 fully saturated rings. The van der Waals surface area contributed by atoms with Crippen LogP contribution in [0.4, 0.5) is 0 Å². The van der Waals surface area contributed by atoms with Crippen molar-refractivity contribution in [2.24, 2.45) is 12.8 Å². The summed E-state index contributed by atoms with van der Waals surface area (Å²) in [5.74, 6) is 2.60. The third-order valence-corrected chi connectivity index (χ3v) is 4.87. The highest BCUT2D eigenvalue weighted by Gasteiger charge is 2.16. The first-order valence-electron chi connectivity index (χ1n) is 7.81. The van der Waals surface area contributed by atoms with Gasteiger partial charge in [0.05, 0.1) is 6.04 Å². The molecule has 7 nitrogen and oxygen atoms in total. The van der Waals surface area contributed by atoms with Crippen molar-refractivity contribution in [1.82, 2.24) is 29.5 Å². The average Bonchev–Trinajstić information content (AvgIpc) is 3.15. The van der Waals surface area contributed by atoms with E-state index in [1.54, 1.807) is 18.1 Å². The zero-order chi connectivity index (χ0) is 16.9. The molecule has 8 heteroatoms. The van der Waals surface area contributed by atoms with E-state index in [9.17, 15) is 0 Å². The first-order chi connectivity index (χ1) is 11.6. The summed E-state index contributed by atoms with van der Waals surface area (Å²) >= 11 is 1.66. The number of aryl methyl sites for hydroxylation is 2. The van der Waals surface area contributed by atoms with Crippen LogP contribution in [-0.4, -0.2) is 35.3 Å². The third-order valence-electron chi connectivity index (χ3n) is 3.87. The molecule has 0 aliphatic heterocycles. The highest BCUT2D eigenvalue weighted by atomic mass is 32.2. The van der Waals surface area contributed by atoms with Crippen molar-refractivity contribution in [2.45, 2.75) is 31.1 Å². The van der Waals surface area contributed by atoms with Gasteiger partial charge in [-0.2, -0.15) is 0 Å². The van der Waals surface area contributed by atoms with Crippen molar-refractivity contribution in [3.8, 4) is 0 Å². The van der Waals surface area contributed by atoms with Crippen molar-refractivity contribution in [1.29, 1.82) is 0 Å². The second-order valence-corrected chi connectivity index (χ2v) is 6.68. The average molecular weight is 343 g/mol. The van der Waals surface area contributed by atoms with Crippen LogP contribution in [0.3, 0.4) is 0 Å². The SMILES string of the molecule is Cc1nncn1CCSc1nnc([C@H](N)Cc2ccccc2)n1C. The van der Waals surface area contributed by atoms with Gasteiger partial charge in [-0.05, 0) is 18.9 Å². The Morgan fingerprint density at radius 1 is 1.17 bits per heavy atom. The molecule has 0 aliphatic rings. The molecule has 1 aromatic carbocycles. The standard InChI is InChI=1S/C16H21N7S/c1-12-19-18-11-23(12)8-9-24-16-21-20-15(22(16)2)14(17)10-13-6-4-3-5-7-13/h3-7,11,14H,8-10,17H2,1-2H3/t14-/m1/s1.